The smallest absolute Gasteiger partial charge is 0.119 e. The monoisotopic (exact) mass is 282 g/mol. The van der Waals surface area contributed by atoms with Gasteiger partial charge in [0.25, 0.3) is 0 Å². The number of piperazine rings is 1. The van der Waals surface area contributed by atoms with Gasteiger partial charge in [-0.2, -0.15) is 0 Å². The average molecular weight is 282 g/mol. The fraction of sp³-hybridized carbons (Fsp3) is 1.00. The average Bonchev–Trinajstić information content (AvgIpc) is 2.94. The third-order valence-corrected chi connectivity index (χ3v) is 5.19. The fourth-order valence-electron chi connectivity index (χ4n) is 4.08. The summed E-state index contributed by atoms with van der Waals surface area (Å²) in [6.07, 6.45) is 1.02. The lowest BCUT2D eigenvalue weighted by atomic mass is 10.3. The maximum Gasteiger partial charge on any atom is 0.119 e. The Kier molecular flexibility index (Phi) is 4.31. The minimum Gasteiger partial charge on any atom is -0.277 e. The lowest BCUT2D eigenvalue weighted by molar-refractivity contribution is -0.0640. The zero-order valence-electron chi connectivity index (χ0n) is 13.5. The van der Waals surface area contributed by atoms with E-state index in [9.17, 15) is 0 Å². The summed E-state index contributed by atoms with van der Waals surface area (Å²) in [6, 6.07) is 0. The molecule has 0 aromatic rings. The van der Waals surface area contributed by atoms with Crippen LogP contribution in [0.1, 0.15) is 0 Å². The zero-order valence-corrected chi connectivity index (χ0v) is 13.5. The van der Waals surface area contributed by atoms with Gasteiger partial charge in [0.1, 0.15) is 12.6 Å². The van der Waals surface area contributed by atoms with Crippen molar-refractivity contribution in [3.8, 4) is 0 Å². The Morgan fingerprint density at radius 1 is 0.450 bits per heavy atom. The van der Waals surface area contributed by atoms with Crippen LogP contribution in [0.25, 0.3) is 0 Å². The molecule has 0 bridgehead atoms. The summed E-state index contributed by atoms with van der Waals surface area (Å²) in [5, 5.41) is 0. The van der Waals surface area contributed by atoms with Gasteiger partial charge >= 0.3 is 0 Å². The first-order valence-electron chi connectivity index (χ1n) is 7.87. The molecule has 20 heavy (non-hydrogen) atoms. The molecular formula is C14H30N6. The summed E-state index contributed by atoms with van der Waals surface area (Å²) in [5.41, 5.74) is 0. The van der Waals surface area contributed by atoms with Crippen LogP contribution >= 0.6 is 0 Å². The first-order valence-corrected chi connectivity index (χ1v) is 7.87. The Labute approximate surface area is 123 Å². The highest BCUT2D eigenvalue weighted by molar-refractivity contribution is 4.85. The van der Waals surface area contributed by atoms with E-state index in [4.69, 9.17) is 0 Å². The molecule has 0 unspecified atom stereocenters. The van der Waals surface area contributed by atoms with Crippen LogP contribution in [0.3, 0.4) is 0 Å². The van der Waals surface area contributed by atoms with E-state index in [1.807, 2.05) is 0 Å². The van der Waals surface area contributed by atoms with Crippen LogP contribution in [0, 0.1) is 0 Å². The van der Waals surface area contributed by atoms with Gasteiger partial charge in [-0.25, -0.2) is 0 Å². The second-order valence-electron chi connectivity index (χ2n) is 6.69. The Morgan fingerprint density at radius 3 is 0.950 bits per heavy atom. The molecule has 0 aromatic heterocycles. The van der Waals surface area contributed by atoms with Crippen LogP contribution in [0.15, 0.2) is 0 Å². The molecule has 0 saturated carbocycles. The highest BCUT2D eigenvalue weighted by Crippen LogP contribution is 2.20. The van der Waals surface area contributed by atoms with Crippen molar-refractivity contribution in [2.24, 2.45) is 0 Å². The number of likely N-dealkylation sites (N-methyl/N-ethyl adjacent to an activating group) is 4. The SMILES string of the molecule is CN1CCN(C)C1N1CCN(C2N(C)CCN2C)CC1. The Hall–Kier alpha value is -0.240. The van der Waals surface area contributed by atoms with E-state index in [1.165, 1.54) is 52.4 Å². The van der Waals surface area contributed by atoms with E-state index < -0.39 is 0 Å². The van der Waals surface area contributed by atoms with Gasteiger partial charge in [0.05, 0.1) is 0 Å². The molecule has 3 saturated heterocycles. The topological polar surface area (TPSA) is 19.4 Å². The van der Waals surface area contributed by atoms with Crippen LogP contribution in [0.4, 0.5) is 0 Å². The van der Waals surface area contributed by atoms with Crippen molar-refractivity contribution < 1.29 is 0 Å². The van der Waals surface area contributed by atoms with Gasteiger partial charge in [0, 0.05) is 52.4 Å². The van der Waals surface area contributed by atoms with E-state index >= 15 is 0 Å². The number of hydrogen-bond acceptors (Lipinski definition) is 6. The Bertz CT molecular complexity index is 278. The molecule has 0 N–H and O–H groups in total. The molecule has 3 fully saturated rings. The predicted molar refractivity (Wildman–Crippen MR) is 81.2 cm³/mol. The van der Waals surface area contributed by atoms with Crippen molar-refractivity contribution in [2.75, 3.05) is 80.5 Å². The van der Waals surface area contributed by atoms with Crippen LogP contribution in [0.2, 0.25) is 0 Å². The van der Waals surface area contributed by atoms with Crippen molar-refractivity contribution in [3.63, 3.8) is 0 Å². The lowest BCUT2D eigenvalue weighted by Crippen LogP contribution is -2.61. The third kappa shape index (κ3) is 2.61. The largest absolute Gasteiger partial charge is 0.277 e. The fourth-order valence-corrected chi connectivity index (χ4v) is 4.08. The lowest BCUT2D eigenvalue weighted by Gasteiger charge is -2.45. The van der Waals surface area contributed by atoms with Crippen molar-refractivity contribution in [3.05, 3.63) is 0 Å². The molecule has 0 spiro atoms. The Balaban J connectivity index is 1.57. The van der Waals surface area contributed by atoms with Crippen LogP contribution < -0.4 is 0 Å². The molecule has 0 atom stereocenters. The molecule has 6 nitrogen and oxygen atoms in total. The predicted octanol–water partition coefficient (Wildman–Crippen LogP) is -1.07. The van der Waals surface area contributed by atoms with Crippen LogP contribution in [-0.2, 0) is 0 Å². The summed E-state index contributed by atoms with van der Waals surface area (Å²) >= 11 is 0. The number of rotatable bonds is 2. The molecule has 0 aliphatic carbocycles. The van der Waals surface area contributed by atoms with Crippen molar-refractivity contribution in [2.45, 2.75) is 12.6 Å². The van der Waals surface area contributed by atoms with Gasteiger partial charge in [-0.3, -0.25) is 29.4 Å². The summed E-state index contributed by atoms with van der Waals surface area (Å²) < 4.78 is 0. The zero-order chi connectivity index (χ0) is 14.3. The normalized spacial score (nSPS) is 31.8. The summed E-state index contributed by atoms with van der Waals surface area (Å²) in [4.78, 5) is 15.2. The maximum absolute atomic E-state index is 2.64. The number of nitrogens with zero attached hydrogens (tertiary/aromatic N) is 6. The first kappa shape index (κ1) is 14.7. The quantitative estimate of drug-likeness (QED) is 0.638. The van der Waals surface area contributed by atoms with Gasteiger partial charge in [0.15, 0.2) is 0 Å². The maximum atomic E-state index is 2.64. The second-order valence-corrected chi connectivity index (χ2v) is 6.69. The highest BCUT2D eigenvalue weighted by atomic mass is 15.6. The highest BCUT2D eigenvalue weighted by Gasteiger charge is 2.37. The molecule has 3 aliphatic heterocycles. The van der Waals surface area contributed by atoms with Crippen molar-refractivity contribution in [1.29, 1.82) is 0 Å². The van der Waals surface area contributed by atoms with E-state index in [0.29, 0.717) is 12.6 Å². The van der Waals surface area contributed by atoms with Gasteiger partial charge in [-0.05, 0) is 28.2 Å². The van der Waals surface area contributed by atoms with Gasteiger partial charge < -0.3 is 0 Å². The minimum absolute atomic E-state index is 0.510. The van der Waals surface area contributed by atoms with E-state index in [1.54, 1.807) is 0 Å². The molecule has 116 valence electrons. The van der Waals surface area contributed by atoms with E-state index in [2.05, 4.69) is 57.6 Å². The molecule has 6 heteroatoms. The second kappa shape index (κ2) is 5.87. The Morgan fingerprint density at radius 2 is 0.700 bits per heavy atom. The summed E-state index contributed by atoms with van der Waals surface area (Å²) in [6.45, 7) is 9.47. The van der Waals surface area contributed by atoms with Crippen molar-refractivity contribution >= 4 is 0 Å². The standard InChI is InChI=1S/C14H30N6/c1-15-5-6-16(2)13(15)19-9-11-20(12-10-19)14-17(3)7-8-18(14)4/h13-14H,5-12H2,1-4H3. The van der Waals surface area contributed by atoms with Gasteiger partial charge in [-0.15, -0.1) is 0 Å². The molecule has 3 heterocycles. The molecule has 3 aliphatic rings. The number of hydrogen-bond donors (Lipinski definition) is 0. The summed E-state index contributed by atoms with van der Waals surface area (Å²) in [5.74, 6) is 0. The van der Waals surface area contributed by atoms with Gasteiger partial charge in [0.2, 0.25) is 0 Å². The summed E-state index contributed by atoms with van der Waals surface area (Å²) in [7, 11) is 9.00. The molecule has 0 amide bonds. The van der Waals surface area contributed by atoms with Crippen LogP contribution in [-0.4, -0.2) is 123 Å². The molecule has 3 rings (SSSR count). The third-order valence-electron chi connectivity index (χ3n) is 5.19. The van der Waals surface area contributed by atoms with Crippen molar-refractivity contribution in [1.82, 2.24) is 29.4 Å². The van der Waals surface area contributed by atoms with Crippen LogP contribution in [0.5, 0.6) is 0 Å². The minimum atomic E-state index is 0.510. The molecular weight excluding hydrogens is 252 g/mol. The van der Waals surface area contributed by atoms with E-state index in [0.717, 1.165) is 0 Å². The first-order chi connectivity index (χ1) is 9.58. The van der Waals surface area contributed by atoms with Gasteiger partial charge in [-0.1, -0.05) is 0 Å². The molecule has 0 aromatic carbocycles. The molecule has 0 radical (unpaired) electrons. The van der Waals surface area contributed by atoms with E-state index in [-0.39, 0.29) is 0 Å².